The molecule has 2 aromatic heterocycles. The van der Waals surface area contributed by atoms with Crippen LogP contribution in [0.15, 0.2) is 42.6 Å². The molecule has 0 aliphatic heterocycles. The predicted molar refractivity (Wildman–Crippen MR) is 111 cm³/mol. The van der Waals surface area contributed by atoms with E-state index in [1.54, 1.807) is 37.4 Å². The van der Waals surface area contributed by atoms with Gasteiger partial charge in [-0.1, -0.05) is 13.0 Å². The monoisotopic (exact) mass is 391 g/mol. The highest BCUT2D eigenvalue weighted by Crippen LogP contribution is 2.25. The number of nitrogens with one attached hydrogen (secondary N) is 1. The molecule has 148 valence electrons. The highest BCUT2D eigenvalue weighted by atomic mass is 19.1. The number of ether oxygens (including phenoxy) is 1. The zero-order chi connectivity index (χ0) is 20.6. The number of halogens is 1. The van der Waals surface area contributed by atoms with Crippen LogP contribution in [0.1, 0.15) is 42.2 Å². The van der Waals surface area contributed by atoms with Gasteiger partial charge in [0.2, 0.25) is 0 Å². The van der Waals surface area contributed by atoms with Crippen molar-refractivity contribution in [3.05, 3.63) is 59.7 Å². The molecule has 0 saturated carbocycles. The zero-order valence-electron chi connectivity index (χ0n) is 16.5. The van der Waals surface area contributed by atoms with Crippen LogP contribution in [0.3, 0.4) is 0 Å². The van der Waals surface area contributed by atoms with Crippen molar-refractivity contribution in [3.63, 3.8) is 0 Å². The fraction of sp³-hybridized carbons (Fsp3) is 0.261. The third-order valence-corrected chi connectivity index (χ3v) is 4.21. The van der Waals surface area contributed by atoms with Crippen LogP contribution >= 0.6 is 0 Å². The first-order valence-corrected chi connectivity index (χ1v) is 9.51. The first kappa shape index (κ1) is 20.3. The molecule has 0 fully saturated rings. The van der Waals surface area contributed by atoms with Crippen LogP contribution in [-0.4, -0.2) is 22.5 Å². The molecule has 1 N–H and O–H groups in total. The standard InChI is InChI=1S/C23H22FN3O2/c1-3-4-5-6-7-14-29-20-12-8-10-18(21(20)24)27-23(28)22-16(2)15-19-17(26-22)11-9-13-25-19/h8-13,15H,3,6-7,14H2,1-2H3,(H,27,28). The summed E-state index contributed by atoms with van der Waals surface area (Å²) in [5.74, 6) is 5.00. The minimum atomic E-state index is -0.611. The Morgan fingerprint density at radius 2 is 2.07 bits per heavy atom. The van der Waals surface area contributed by atoms with Gasteiger partial charge in [0.15, 0.2) is 11.6 Å². The molecular formula is C23H22FN3O2. The van der Waals surface area contributed by atoms with Crippen LogP contribution in [0, 0.1) is 24.6 Å². The maximum atomic E-state index is 14.7. The first-order chi connectivity index (χ1) is 14.1. The summed E-state index contributed by atoms with van der Waals surface area (Å²) < 4.78 is 20.2. The average Bonchev–Trinajstić information content (AvgIpc) is 2.72. The molecule has 0 aliphatic rings. The molecule has 5 nitrogen and oxygen atoms in total. The van der Waals surface area contributed by atoms with Gasteiger partial charge in [-0.2, -0.15) is 0 Å². The Morgan fingerprint density at radius 1 is 1.21 bits per heavy atom. The zero-order valence-corrected chi connectivity index (χ0v) is 16.5. The van der Waals surface area contributed by atoms with E-state index in [-0.39, 0.29) is 17.1 Å². The van der Waals surface area contributed by atoms with Gasteiger partial charge in [-0.05, 0) is 49.2 Å². The Hall–Kier alpha value is -3.46. The van der Waals surface area contributed by atoms with Crippen molar-refractivity contribution in [1.82, 2.24) is 9.97 Å². The van der Waals surface area contributed by atoms with Gasteiger partial charge >= 0.3 is 0 Å². The number of hydrogen-bond acceptors (Lipinski definition) is 4. The molecule has 0 unspecified atom stereocenters. The van der Waals surface area contributed by atoms with Crippen molar-refractivity contribution in [2.24, 2.45) is 0 Å². The summed E-state index contributed by atoms with van der Waals surface area (Å²) in [6.45, 7) is 4.11. The van der Waals surface area contributed by atoms with E-state index in [0.29, 0.717) is 36.0 Å². The van der Waals surface area contributed by atoms with Gasteiger partial charge in [0.25, 0.3) is 5.91 Å². The number of carbonyl (C=O) groups excluding carboxylic acids is 1. The van der Waals surface area contributed by atoms with Crippen LogP contribution in [0.4, 0.5) is 10.1 Å². The molecule has 0 saturated heterocycles. The maximum Gasteiger partial charge on any atom is 0.274 e. The predicted octanol–water partition coefficient (Wildman–Crippen LogP) is 4.90. The number of nitrogens with zero attached hydrogens (tertiary/aromatic N) is 2. The second-order valence-corrected chi connectivity index (χ2v) is 6.43. The molecule has 1 aromatic carbocycles. The van der Waals surface area contributed by atoms with E-state index in [1.807, 2.05) is 6.92 Å². The number of aryl methyl sites for hydroxylation is 1. The summed E-state index contributed by atoms with van der Waals surface area (Å²) in [6.07, 6.45) is 3.89. The Morgan fingerprint density at radius 3 is 2.90 bits per heavy atom. The molecule has 29 heavy (non-hydrogen) atoms. The number of anilines is 1. The third kappa shape index (κ3) is 5.08. The first-order valence-electron chi connectivity index (χ1n) is 9.51. The number of pyridine rings is 2. The summed E-state index contributed by atoms with van der Waals surface area (Å²) in [5, 5.41) is 2.59. The maximum absolute atomic E-state index is 14.7. The van der Waals surface area contributed by atoms with Crippen molar-refractivity contribution in [2.75, 3.05) is 11.9 Å². The lowest BCUT2D eigenvalue weighted by atomic mass is 10.1. The molecule has 0 aliphatic carbocycles. The largest absolute Gasteiger partial charge is 0.490 e. The van der Waals surface area contributed by atoms with Crippen LogP contribution in [-0.2, 0) is 0 Å². The lowest BCUT2D eigenvalue weighted by molar-refractivity contribution is 0.102. The van der Waals surface area contributed by atoms with Crippen molar-refractivity contribution in [1.29, 1.82) is 0 Å². The van der Waals surface area contributed by atoms with Gasteiger partial charge in [-0.15, -0.1) is 11.8 Å². The van der Waals surface area contributed by atoms with E-state index >= 15 is 0 Å². The second-order valence-electron chi connectivity index (χ2n) is 6.43. The molecule has 2 heterocycles. The fourth-order valence-corrected chi connectivity index (χ4v) is 2.78. The molecule has 1 amide bonds. The number of benzene rings is 1. The van der Waals surface area contributed by atoms with Crippen LogP contribution < -0.4 is 10.1 Å². The number of fused-ring (bicyclic) bond motifs is 1. The van der Waals surface area contributed by atoms with Gasteiger partial charge in [-0.25, -0.2) is 9.37 Å². The second kappa shape index (κ2) is 9.65. The number of unbranched alkanes of at least 4 members (excludes halogenated alkanes) is 1. The molecular weight excluding hydrogens is 369 g/mol. The van der Waals surface area contributed by atoms with E-state index in [2.05, 4.69) is 27.1 Å². The third-order valence-electron chi connectivity index (χ3n) is 4.21. The number of rotatable bonds is 6. The van der Waals surface area contributed by atoms with E-state index in [9.17, 15) is 9.18 Å². The minimum absolute atomic E-state index is 0.0470. The Balaban J connectivity index is 1.71. The summed E-state index contributed by atoms with van der Waals surface area (Å²) in [5.41, 5.74) is 2.24. The fourth-order valence-electron chi connectivity index (χ4n) is 2.78. The van der Waals surface area contributed by atoms with E-state index < -0.39 is 11.7 Å². The van der Waals surface area contributed by atoms with Gasteiger partial charge in [0.05, 0.1) is 23.3 Å². The summed E-state index contributed by atoms with van der Waals surface area (Å²) in [4.78, 5) is 21.3. The number of carbonyl (C=O) groups is 1. The van der Waals surface area contributed by atoms with E-state index in [0.717, 1.165) is 6.42 Å². The lowest BCUT2D eigenvalue weighted by Gasteiger charge is -2.12. The SMILES string of the molecule is CCC#CCCCOc1cccc(NC(=O)c2nc3cccnc3cc2C)c1F. The Labute approximate surface area is 169 Å². The van der Waals surface area contributed by atoms with Crippen molar-refractivity contribution >= 4 is 22.6 Å². The normalized spacial score (nSPS) is 10.3. The summed E-state index contributed by atoms with van der Waals surface area (Å²) >= 11 is 0. The molecule has 0 bridgehead atoms. The van der Waals surface area contributed by atoms with E-state index in [1.165, 1.54) is 12.1 Å². The van der Waals surface area contributed by atoms with Crippen LogP contribution in [0.25, 0.3) is 11.0 Å². The average molecular weight is 391 g/mol. The van der Waals surface area contributed by atoms with Gasteiger partial charge in [-0.3, -0.25) is 9.78 Å². The number of aromatic nitrogens is 2. The highest BCUT2D eigenvalue weighted by Gasteiger charge is 2.16. The molecule has 0 spiro atoms. The van der Waals surface area contributed by atoms with E-state index in [4.69, 9.17) is 4.74 Å². The number of amides is 1. The van der Waals surface area contributed by atoms with Gasteiger partial charge < -0.3 is 10.1 Å². The lowest BCUT2D eigenvalue weighted by Crippen LogP contribution is -2.16. The quantitative estimate of drug-likeness (QED) is 0.479. The number of hydrogen-bond donors (Lipinski definition) is 1. The van der Waals surface area contributed by atoms with Crippen molar-refractivity contribution in [3.8, 4) is 17.6 Å². The van der Waals surface area contributed by atoms with Crippen molar-refractivity contribution in [2.45, 2.75) is 33.1 Å². The Kier molecular flexibility index (Phi) is 6.75. The van der Waals surface area contributed by atoms with Gasteiger partial charge in [0.1, 0.15) is 5.69 Å². The highest BCUT2D eigenvalue weighted by molar-refractivity contribution is 6.05. The minimum Gasteiger partial charge on any atom is -0.490 e. The molecule has 0 atom stereocenters. The Bertz CT molecular complexity index is 1090. The van der Waals surface area contributed by atoms with Crippen LogP contribution in [0.2, 0.25) is 0 Å². The molecule has 0 radical (unpaired) electrons. The molecule has 3 rings (SSSR count). The summed E-state index contributed by atoms with van der Waals surface area (Å²) in [6, 6.07) is 9.97. The summed E-state index contributed by atoms with van der Waals surface area (Å²) in [7, 11) is 0. The van der Waals surface area contributed by atoms with Gasteiger partial charge in [0, 0.05) is 19.0 Å². The smallest absolute Gasteiger partial charge is 0.274 e. The molecule has 6 heteroatoms. The molecule has 3 aromatic rings. The topological polar surface area (TPSA) is 64.1 Å². The van der Waals surface area contributed by atoms with Crippen LogP contribution in [0.5, 0.6) is 5.75 Å². The van der Waals surface area contributed by atoms with Crippen molar-refractivity contribution < 1.29 is 13.9 Å².